The molecule has 0 aliphatic rings. The Labute approximate surface area is 264 Å². The molecule has 2 aromatic carbocycles. The minimum absolute atomic E-state index is 0.0301. The highest BCUT2D eigenvalue weighted by Crippen LogP contribution is 2.48. The summed E-state index contributed by atoms with van der Waals surface area (Å²) >= 11 is 0. The molecule has 0 radical (unpaired) electrons. The van der Waals surface area contributed by atoms with Crippen LogP contribution in [0, 0.1) is 10.8 Å². The SMILES string of the molecule is CCC(C)(C)c1cc(C(C)(C)CC)c(OC(=O)C(C)(C)C)c(C=C(OC)C(=O)c2ccc(OC(=O)C(C)(C)C)cc2)c1OC. The number of ether oxygens (including phenoxy) is 4. The number of rotatable bonds is 11. The number of benzene rings is 2. The van der Waals surface area contributed by atoms with E-state index in [1.165, 1.54) is 7.11 Å². The van der Waals surface area contributed by atoms with Crippen LogP contribution in [0.15, 0.2) is 36.1 Å². The molecule has 0 aliphatic carbocycles. The van der Waals surface area contributed by atoms with Crippen molar-refractivity contribution in [1.82, 2.24) is 0 Å². The molecule has 7 heteroatoms. The number of carbonyl (C=O) groups excluding carboxylic acids is 3. The van der Waals surface area contributed by atoms with E-state index in [9.17, 15) is 14.4 Å². The number of hydrogen-bond acceptors (Lipinski definition) is 7. The molecule has 0 bridgehead atoms. The summed E-state index contributed by atoms with van der Waals surface area (Å²) < 4.78 is 23.4. The maximum Gasteiger partial charge on any atom is 0.316 e. The molecule has 44 heavy (non-hydrogen) atoms. The summed E-state index contributed by atoms with van der Waals surface area (Å²) in [6.07, 6.45) is 3.20. The van der Waals surface area contributed by atoms with Gasteiger partial charge in [0.15, 0.2) is 5.76 Å². The van der Waals surface area contributed by atoms with Crippen LogP contribution < -0.4 is 14.2 Å². The van der Waals surface area contributed by atoms with Crippen LogP contribution in [0.3, 0.4) is 0 Å². The fraction of sp³-hybridized carbons (Fsp3) is 0.541. The van der Waals surface area contributed by atoms with E-state index in [4.69, 9.17) is 18.9 Å². The highest BCUT2D eigenvalue weighted by molar-refractivity contribution is 6.10. The molecule has 0 unspecified atom stereocenters. The van der Waals surface area contributed by atoms with E-state index in [1.54, 1.807) is 79.0 Å². The van der Waals surface area contributed by atoms with Gasteiger partial charge in [-0.1, -0.05) is 41.5 Å². The number of esters is 2. The lowest BCUT2D eigenvalue weighted by molar-refractivity contribution is -0.143. The van der Waals surface area contributed by atoms with E-state index in [-0.39, 0.29) is 22.6 Å². The Morgan fingerprint density at radius 1 is 0.682 bits per heavy atom. The summed E-state index contributed by atoms with van der Waals surface area (Å²) in [5, 5.41) is 0. The van der Waals surface area contributed by atoms with Gasteiger partial charge in [-0.2, -0.15) is 0 Å². The number of ketones is 1. The molecule has 0 amide bonds. The van der Waals surface area contributed by atoms with Crippen LogP contribution in [0.1, 0.15) is 123 Å². The quantitative estimate of drug-likeness (QED) is 0.0828. The Kier molecular flexibility index (Phi) is 11.3. The van der Waals surface area contributed by atoms with Crippen molar-refractivity contribution in [2.45, 2.75) is 107 Å². The molecule has 2 rings (SSSR count). The molecule has 0 atom stereocenters. The Bertz CT molecular complexity index is 1400. The first kappa shape index (κ1) is 36.6. The van der Waals surface area contributed by atoms with Gasteiger partial charge in [0.25, 0.3) is 0 Å². The van der Waals surface area contributed by atoms with E-state index in [1.807, 2.05) is 0 Å². The smallest absolute Gasteiger partial charge is 0.316 e. The summed E-state index contributed by atoms with van der Waals surface area (Å²) in [7, 11) is 3.00. The van der Waals surface area contributed by atoms with Crippen molar-refractivity contribution in [2.24, 2.45) is 10.8 Å². The number of Topliss-reactive ketones (excluding diaryl/α,β-unsaturated/α-hetero) is 1. The molecular weight excluding hydrogens is 556 g/mol. The number of allylic oxidation sites excluding steroid dienone is 1. The van der Waals surface area contributed by atoms with E-state index in [2.05, 4.69) is 47.6 Å². The van der Waals surface area contributed by atoms with Gasteiger partial charge < -0.3 is 18.9 Å². The van der Waals surface area contributed by atoms with Gasteiger partial charge in [0.05, 0.1) is 30.6 Å². The number of carbonyl (C=O) groups is 3. The molecule has 0 saturated heterocycles. The maximum absolute atomic E-state index is 13.8. The Hall–Kier alpha value is -3.61. The molecule has 0 heterocycles. The van der Waals surface area contributed by atoms with Crippen LogP contribution in [0.2, 0.25) is 0 Å². The van der Waals surface area contributed by atoms with Crippen molar-refractivity contribution in [2.75, 3.05) is 14.2 Å². The molecule has 7 nitrogen and oxygen atoms in total. The first-order valence-corrected chi connectivity index (χ1v) is 15.3. The van der Waals surface area contributed by atoms with Crippen molar-refractivity contribution >= 4 is 23.8 Å². The summed E-state index contributed by atoms with van der Waals surface area (Å²) in [5.41, 5.74) is 0.459. The van der Waals surface area contributed by atoms with Gasteiger partial charge in [0.2, 0.25) is 5.78 Å². The van der Waals surface area contributed by atoms with Gasteiger partial charge >= 0.3 is 11.9 Å². The molecular formula is C37H52O7. The van der Waals surface area contributed by atoms with E-state index in [0.717, 1.165) is 24.0 Å². The van der Waals surface area contributed by atoms with Crippen LogP contribution in [0.4, 0.5) is 0 Å². The number of hydrogen-bond donors (Lipinski definition) is 0. The first-order chi connectivity index (χ1) is 20.1. The van der Waals surface area contributed by atoms with Crippen molar-refractivity contribution in [3.63, 3.8) is 0 Å². The van der Waals surface area contributed by atoms with E-state index < -0.39 is 22.6 Å². The third-order valence-electron chi connectivity index (χ3n) is 8.16. The molecule has 0 spiro atoms. The topological polar surface area (TPSA) is 88.1 Å². The lowest BCUT2D eigenvalue weighted by Gasteiger charge is -2.33. The zero-order chi connectivity index (χ0) is 33.8. The molecule has 0 N–H and O–H groups in total. The van der Waals surface area contributed by atoms with Crippen LogP contribution >= 0.6 is 0 Å². The minimum Gasteiger partial charge on any atom is -0.496 e. The molecule has 0 aromatic heterocycles. The molecule has 242 valence electrons. The van der Waals surface area contributed by atoms with Crippen molar-refractivity contribution in [3.05, 3.63) is 58.3 Å². The normalized spacial score (nSPS) is 12.9. The third-order valence-corrected chi connectivity index (χ3v) is 8.16. The number of methoxy groups -OCH3 is 2. The second-order valence-corrected chi connectivity index (χ2v) is 14.6. The zero-order valence-corrected chi connectivity index (χ0v) is 29.2. The van der Waals surface area contributed by atoms with Gasteiger partial charge in [-0.05, 0) is 102 Å². The summed E-state index contributed by atoms with van der Waals surface area (Å²) in [4.78, 5) is 39.5. The predicted molar refractivity (Wildman–Crippen MR) is 176 cm³/mol. The largest absolute Gasteiger partial charge is 0.496 e. The Balaban J connectivity index is 2.88. The van der Waals surface area contributed by atoms with Crippen LogP contribution in [0.25, 0.3) is 6.08 Å². The Morgan fingerprint density at radius 3 is 1.55 bits per heavy atom. The van der Waals surface area contributed by atoms with E-state index in [0.29, 0.717) is 28.4 Å². The minimum atomic E-state index is -0.776. The zero-order valence-electron chi connectivity index (χ0n) is 29.2. The van der Waals surface area contributed by atoms with Crippen LogP contribution in [0.5, 0.6) is 17.2 Å². The van der Waals surface area contributed by atoms with Crippen molar-refractivity contribution in [3.8, 4) is 17.2 Å². The summed E-state index contributed by atoms with van der Waals surface area (Å²) in [5.74, 6) is 0.0421. The second-order valence-electron chi connectivity index (χ2n) is 14.6. The standard InChI is InChI=1S/C37H52O7/c1-15-36(9,10)26-22-27(37(11,12)16-2)31(44-33(40)35(6,7)8)25(30(26)42-14)21-28(41-13)29(38)23-17-19-24(20-18-23)43-32(39)34(3,4)5/h17-22H,15-16H2,1-14H3. The van der Waals surface area contributed by atoms with Crippen molar-refractivity contribution < 1.29 is 33.3 Å². The molecule has 0 saturated carbocycles. The van der Waals surface area contributed by atoms with Crippen molar-refractivity contribution in [1.29, 1.82) is 0 Å². The molecule has 0 aliphatic heterocycles. The van der Waals surface area contributed by atoms with Gasteiger partial charge in [-0.3, -0.25) is 14.4 Å². The first-order valence-electron chi connectivity index (χ1n) is 15.3. The third kappa shape index (κ3) is 8.30. The molecule has 2 aromatic rings. The lowest BCUT2D eigenvalue weighted by Crippen LogP contribution is -2.29. The average molecular weight is 609 g/mol. The van der Waals surface area contributed by atoms with Crippen LogP contribution in [-0.4, -0.2) is 31.9 Å². The van der Waals surface area contributed by atoms with E-state index >= 15 is 0 Å². The van der Waals surface area contributed by atoms with Crippen LogP contribution in [-0.2, 0) is 25.2 Å². The average Bonchev–Trinajstić information content (AvgIpc) is 2.94. The summed E-state index contributed by atoms with van der Waals surface area (Å²) in [6.45, 7) is 23.4. The fourth-order valence-electron chi connectivity index (χ4n) is 4.19. The highest BCUT2D eigenvalue weighted by atomic mass is 16.5. The van der Waals surface area contributed by atoms with Gasteiger partial charge in [-0.15, -0.1) is 0 Å². The lowest BCUT2D eigenvalue weighted by atomic mass is 9.74. The Morgan fingerprint density at radius 2 is 1.14 bits per heavy atom. The summed E-state index contributed by atoms with van der Waals surface area (Å²) in [6, 6.07) is 8.41. The van der Waals surface area contributed by atoms with Gasteiger partial charge in [0, 0.05) is 16.7 Å². The molecule has 0 fully saturated rings. The highest BCUT2D eigenvalue weighted by Gasteiger charge is 2.36. The van der Waals surface area contributed by atoms with Gasteiger partial charge in [-0.25, -0.2) is 0 Å². The van der Waals surface area contributed by atoms with Gasteiger partial charge in [0.1, 0.15) is 17.2 Å². The predicted octanol–water partition coefficient (Wildman–Crippen LogP) is 8.84. The maximum atomic E-state index is 13.8. The fourth-order valence-corrected chi connectivity index (χ4v) is 4.19. The second kappa shape index (κ2) is 13.6. The monoisotopic (exact) mass is 608 g/mol.